The van der Waals surface area contributed by atoms with E-state index < -0.39 is 37.8 Å². The van der Waals surface area contributed by atoms with Gasteiger partial charge in [0.2, 0.25) is 5.79 Å². The number of aliphatic hydroxyl groups is 1. The molecule has 0 amide bonds. The molecule has 2 N–H and O–H groups in total. The highest BCUT2D eigenvalue weighted by Gasteiger charge is 2.50. The zero-order valence-electron chi connectivity index (χ0n) is 16.7. The number of phosphoric acid groups is 1. The molecule has 0 aliphatic carbocycles. The second-order valence-corrected chi connectivity index (χ2v) is 9.03. The molecule has 0 aromatic rings. The Hall–Kier alpha value is 0.0399. The smallest absolute Gasteiger partial charge is 0.380 e. The van der Waals surface area contributed by atoms with E-state index in [-0.39, 0.29) is 37.9 Å². The Labute approximate surface area is 168 Å². The average Bonchev–Trinajstić information content (AvgIpc) is 3.02. The number of phosphoric ester groups is 1. The molecule has 0 aromatic carbocycles. The van der Waals surface area contributed by atoms with Gasteiger partial charge in [0, 0.05) is 12.0 Å². The molecule has 2 aliphatic heterocycles. The molecule has 2 saturated heterocycles. The summed E-state index contributed by atoms with van der Waals surface area (Å²) in [7, 11) is 6.92. The van der Waals surface area contributed by atoms with Gasteiger partial charge in [0.1, 0.15) is 34.5 Å². The molecule has 2 rings (SSSR count). The van der Waals surface area contributed by atoms with E-state index in [9.17, 15) is 14.6 Å². The topological polar surface area (TPSA) is 113 Å². The normalized spacial score (nSPS) is 38.4. The largest absolute Gasteiger partial charge is 0.472 e. The first-order chi connectivity index (χ1) is 12.9. The van der Waals surface area contributed by atoms with Crippen molar-refractivity contribution in [2.45, 2.75) is 88.9 Å². The summed E-state index contributed by atoms with van der Waals surface area (Å²) in [6, 6.07) is -1.42. The van der Waals surface area contributed by atoms with Crippen molar-refractivity contribution in [2.24, 2.45) is 0 Å². The van der Waals surface area contributed by atoms with Crippen molar-refractivity contribution in [3.63, 3.8) is 0 Å². The van der Waals surface area contributed by atoms with Gasteiger partial charge in [0.15, 0.2) is 0 Å². The number of hydrogen-bond acceptors (Lipinski definition) is 8. The first kappa shape index (κ1) is 24.3. The third-order valence-electron chi connectivity index (χ3n) is 4.27. The molecule has 0 saturated carbocycles. The van der Waals surface area contributed by atoms with Crippen LogP contribution < -0.4 is 0 Å². The van der Waals surface area contributed by atoms with Crippen molar-refractivity contribution in [1.29, 1.82) is 0 Å². The van der Waals surface area contributed by atoms with Crippen LogP contribution in [0.4, 0.5) is 0 Å². The lowest BCUT2D eigenvalue weighted by molar-refractivity contribution is -0.247. The van der Waals surface area contributed by atoms with Crippen LogP contribution in [0.1, 0.15) is 40.5 Å². The molecule has 0 aromatic heterocycles. The molecule has 2 fully saturated rings. The van der Waals surface area contributed by atoms with Crippen LogP contribution in [-0.4, -0.2) is 87.2 Å². The van der Waals surface area contributed by atoms with Crippen LogP contribution in [0, 0.1) is 0 Å². The minimum Gasteiger partial charge on any atom is -0.380 e. The molecule has 2 aliphatic rings. The average molecular weight is 418 g/mol. The van der Waals surface area contributed by atoms with Crippen LogP contribution in [0.15, 0.2) is 0 Å². The highest BCUT2D eigenvalue weighted by atomic mass is 31.2. The van der Waals surface area contributed by atoms with Crippen molar-refractivity contribution in [3.8, 4) is 0 Å². The van der Waals surface area contributed by atoms with Crippen LogP contribution in [0.5, 0.6) is 0 Å². The zero-order chi connectivity index (χ0) is 21.1. The fraction of sp³-hybridized carbons (Fsp3) is 1.00. The fourth-order valence-corrected chi connectivity index (χ4v) is 4.03. The second-order valence-electron chi connectivity index (χ2n) is 7.63. The quantitative estimate of drug-likeness (QED) is 0.389. The Morgan fingerprint density at radius 1 is 1.18 bits per heavy atom. The van der Waals surface area contributed by atoms with E-state index in [1.807, 2.05) is 13.8 Å². The van der Waals surface area contributed by atoms with Crippen LogP contribution in [0.3, 0.4) is 0 Å². The predicted molar refractivity (Wildman–Crippen MR) is 101 cm³/mol. The van der Waals surface area contributed by atoms with Crippen LogP contribution in [0.2, 0.25) is 0 Å². The summed E-state index contributed by atoms with van der Waals surface area (Å²) in [6.07, 6.45) is -2.00. The molecule has 2 heterocycles. The van der Waals surface area contributed by atoms with E-state index in [4.69, 9.17) is 43.7 Å². The summed E-state index contributed by atoms with van der Waals surface area (Å²) in [6.45, 7) is 6.75. The van der Waals surface area contributed by atoms with Gasteiger partial charge in [-0.15, -0.1) is 0 Å². The van der Waals surface area contributed by atoms with Gasteiger partial charge in [0.25, 0.3) is 0 Å². The minimum absolute atomic E-state index is 0.00421. The van der Waals surface area contributed by atoms with Gasteiger partial charge in [-0.05, 0) is 40.5 Å². The monoisotopic (exact) mass is 418 g/mol. The van der Waals surface area contributed by atoms with Gasteiger partial charge in [-0.25, -0.2) is 4.57 Å². The molecule has 0 bridgehead atoms. The predicted octanol–water partition coefficient (Wildman–Crippen LogP) is 0.594. The molecule has 7 atom stereocenters. The molecule has 12 heteroatoms. The van der Waals surface area contributed by atoms with Gasteiger partial charge in [0.05, 0.1) is 24.9 Å². The molecule has 28 heavy (non-hydrogen) atoms. The van der Waals surface area contributed by atoms with Gasteiger partial charge in [-0.2, -0.15) is 0 Å². The summed E-state index contributed by atoms with van der Waals surface area (Å²) in [5.74, 6) is -1.96. The van der Waals surface area contributed by atoms with E-state index in [0.717, 1.165) is 0 Å². The summed E-state index contributed by atoms with van der Waals surface area (Å²) in [4.78, 5) is 10.1. The Balaban J connectivity index is 1.93. The van der Waals surface area contributed by atoms with E-state index in [1.54, 1.807) is 13.8 Å². The standard InChI is InChI=1S/C16H29B2O9P/c1-9(2)22-8-16(19)13(6-15(18)26-16)27-28(20,21)23-7-12-11(24-10(3)4)5-14(17)25-12/h9-15,19H,5-8H2,1-4H3,(H,20,21)/t11-,12-,13-,14-,15-,16-/m1/s1. The molecular formula is C16H29B2O9P. The Morgan fingerprint density at radius 3 is 2.46 bits per heavy atom. The lowest BCUT2D eigenvalue weighted by atomic mass is 9.96. The van der Waals surface area contributed by atoms with Crippen molar-refractivity contribution >= 4 is 23.5 Å². The zero-order valence-corrected chi connectivity index (χ0v) is 17.6. The van der Waals surface area contributed by atoms with E-state index in [2.05, 4.69) is 0 Å². The van der Waals surface area contributed by atoms with E-state index in [0.29, 0.717) is 6.42 Å². The van der Waals surface area contributed by atoms with Crippen LogP contribution in [0.25, 0.3) is 0 Å². The number of ether oxygens (including phenoxy) is 4. The molecule has 0 spiro atoms. The Morgan fingerprint density at radius 2 is 1.86 bits per heavy atom. The molecule has 4 radical (unpaired) electrons. The lowest BCUT2D eigenvalue weighted by Gasteiger charge is -2.30. The van der Waals surface area contributed by atoms with Gasteiger partial charge < -0.3 is 28.9 Å². The third-order valence-corrected chi connectivity index (χ3v) is 5.26. The summed E-state index contributed by atoms with van der Waals surface area (Å²) in [5.41, 5.74) is 0. The third kappa shape index (κ3) is 7.07. The summed E-state index contributed by atoms with van der Waals surface area (Å²) < 4.78 is 44.4. The molecule has 158 valence electrons. The summed E-state index contributed by atoms with van der Waals surface area (Å²) >= 11 is 0. The SMILES string of the molecule is [B][C@H]1C[C@@H](OC(C)C)[C@@H](COP(=O)(O)O[C@@H]2C[C@H]([B])O[C@]2(O)COC(C)C)O1. The molecule has 9 nitrogen and oxygen atoms in total. The van der Waals surface area contributed by atoms with E-state index in [1.165, 1.54) is 0 Å². The Bertz CT molecular complexity index is 552. The minimum atomic E-state index is -4.56. The maximum Gasteiger partial charge on any atom is 0.472 e. The first-order valence-electron chi connectivity index (χ1n) is 9.40. The summed E-state index contributed by atoms with van der Waals surface area (Å²) in [5, 5.41) is 10.6. The maximum atomic E-state index is 12.4. The number of hydrogen-bond donors (Lipinski definition) is 2. The fourth-order valence-electron chi connectivity index (χ4n) is 3.07. The first-order valence-corrected chi connectivity index (χ1v) is 10.9. The van der Waals surface area contributed by atoms with Crippen molar-refractivity contribution in [1.82, 2.24) is 0 Å². The number of rotatable bonds is 10. The lowest BCUT2D eigenvalue weighted by Crippen LogP contribution is -2.45. The van der Waals surface area contributed by atoms with Crippen LogP contribution in [-0.2, 0) is 32.6 Å². The van der Waals surface area contributed by atoms with Gasteiger partial charge >= 0.3 is 7.82 Å². The molecular weight excluding hydrogens is 389 g/mol. The van der Waals surface area contributed by atoms with Crippen molar-refractivity contribution < 1.29 is 42.6 Å². The Kier molecular flexibility index (Phi) is 8.59. The van der Waals surface area contributed by atoms with Crippen molar-refractivity contribution in [3.05, 3.63) is 0 Å². The molecule has 1 unspecified atom stereocenters. The van der Waals surface area contributed by atoms with Crippen LogP contribution >= 0.6 is 7.82 Å². The van der Waals surface area contributed by atoms with E-state index >= 15 is 0 Å². The second kappa shape index (κ2) is 9.90. The maximum absolute atomic E-state index is 12.4. The van der Waals surface area contributed by atoms with Gasteiger partial charge in [-0.1, -0.05) is 0 Å². The highest BCUT2D eigenvalue weighted by molar-refractivity contribution is 7.47. The van der Waals surface area contributed by atoms with Gasteiger partial charge in [-0.3, -0.25) is 9.05 Å². The highest BCUT2D eigenvalue weighted by Crippen LogP contribution is 2.49. The van der Waals surface area contributed by atoms with Crippen molar-refractivity contribution in [2.75, 3.05) is 13.2 Å².